The lowest BCUT2D eigenvalue weighted by Gasteiger charge is -1.88. The second-order valence-corrected chi connectivity index (χ2v) is 2.86. The van der Waals surface area contributed by atoms with E-state index in [0.29, 0.717) is 16.2 Å². The zero-order valence-corrected chi connectivity index (χ0v) is 7.09. The molecule has 0 saturated carbocycles. The Hall–Kier alpha value is -1.29. The fourth-order valence-corrected chi connectivity index (χ4v) is 1.30. The van der Waals surface area contributed by atoms with Crippen molar-refractivity contribution >= 4 is 17.1 Å². The van der Waals surface area contributed by atoms with Crippen LogP contribution in [0.15, 0.2) is 17.2 Å². The number of aryl methyl sites for hydroxylation is 1. The van der Waals surface area contributed by atoms with Gasteiger partial charge in [-0.25, -0.2) is 4.52 Å². The lowest BCUT2D eigenvalue weighted by atomic mass is 10.4. The zero-order chi connectivity index (χ0) is 8.72. The standard InChI is InChI=1S/C7H6ClN3O/c1-4-5(8)6-7(12)9-2-3-11(6)10-4/h2-3H,1H3,(H,9,12). The molecule has 0 unspecified atom stereocenters. The highest BCUT2D eigenvalue weighted by Crippen LogP contribution is 2.16. The zero-order valence-electron chi connectivity index (χ0n) is 6.34. The molecule has 2 rings (SSSR count). The van der Waals surface area contributed by atoms with Gasteiger partial charge in [0.2, 0.25) is 0 Å². The minimum Gasteiger partial charge on any atom is -0.326 e. The van der Waals surface area contributed by atoms with E-state index in [-0.39, 0.29) is 5.56 Å². The monoisotopic (exact) mass is 183 g/mol. The molecule has 0 atom stereocenters. The number of hydrogen-bond donors (Lipinski definition) is 1. The summed E-state index contributed by atoms with van der Waals surface area (Å²) in [5.74, 6) is 0. The van der Waals surface area contributed by atoms with Crippen LogP contribution in [0.25, 0.3) is 5.52 Å². The Labute approximate surface area is 72.8 Å². The fourth-order valence-electron chi connectivity index (χ4n) is 1.09. The Balaban J connectivity index is 3.07. The second kappa shape index (κ2) is 2.35. The number of nitrogens with one attached hydrogen (secondary N) is 1. The highest BCUT2D eigenvalue weighted by atomic mass is 35.5. The van der Waals surface area contributed by atoms with E-state index in [1.807, 2.05) is 0 Å². The van der Waals surface area contributed by atoms with E-state index in [4.69, 9.17) is 11.6 Å². The largest absolute Gasteiger partial charge is 0.326 e. The molecule has 0 bridgehead atoms. The molecule has 12 heavy (non-hydrogen) atoms. The first-order valence-corrected chi connectivity index (χ1v) is 3.80. The molecular formula is C7H6ClN3O. The van der Waals surface area contributed by atoms with Crippen molar-refractivity contribution in [2.75, 3.05) is 0 Å². The number of aromatic amines is 1. The molecule has 0 aromatic carbocycles. The van der Waals surface area contributed by atoms with Crippen LogP contribution in [0, 0.1) is 6.92 Å². The third-order valence-corrected chi connectivity index (χ3v) is 2.11. The molecule has 0 spiro atoms. The fraction of sp³-hybridized carbons (Fsp3) is 0.143. The summed E-state index contributed by atoms with van der Waals surface area (Å²) in [7, 11) is 0. The molecule has 62 valence electrons. The first-order chi connectivity index (χ1) is 5.70. The predicted molar refractivity (Wildman–Crippen MR) is 45.6 cm³/mol. The van der Waals surface area contributed by atoms with E-state index in [1.54, 1.807) is 13.1 Å². The van der Waals surface area contributed by atoms with Crippen molar-refractivity contribution in [2.24, 2.45) is 0 Å². The molecule has 0 radical (unpaired) electrons. The molecule has 2 heterocycles. The van der Waals surface area contributed by atoms with E-state index in [9.17, 15) is 4.79 Å². The Kier molecular flexibility index (Phi) is 1.44. The quantitative estimate of drug-likeness (QED) is 0.662. The van der Waals surface area contributed by atoms with Crippen LogP contribution in [0.3, 0.4) is 0 Å². The van der Waals surface area contributed by atoms with Gasteiger partial charge in [0, 0.05) is 12.4 Å². The van der Waals surface area contributed by atoms with Gasteiger partial charge in [-0.15, -0.1) is 0 Å². The lowest BCUT2D eigenvalue weighted by molar-refractivity contribution is 0.914. The van der Waals surface area contributed by atoms with Crippen molar-refractivity contribution in [1.29, 1.82) is 0 Å². The van der Waals surface area contributed by atoms with Gasteiger partial charge in [0.15, 0.2) is 5.52 Å². The van der Waals surface area contributed by atoms with Crippen LogP contribution in [-0.2, 0) is 0 Å². The minimum absolute atomic E-state index is 0.219. The lowest BCUT2D eigenvalue weighted by Crippen LogP contribution is -2.07. The summed E-state index contributed by atoms with van der Waals surface area (Å²) >= 11 is 5.84. The van der Waals surface area contributed by atoms with Crippen molar-refractivity contribution in [3.63, 3.8) is 0 Å². The number of nitrogens with zero attached hydrogens (tertiary/aromatic N) is 2. The topological polar surface area (TPSA) is 50.2 Å². The molecule has 0 aliphatic carbocycles. The first-order valence-electron chi connectivity index (χ1n) is 3.42. The number of halogens is 1. The Bertz CT molecular complexity index is 485. The Morgan fingerprint density at radius 1 is 1.67 bits per heavy atom. The predicted octanol–water partition coefficient (Wildman–Crippen LogP) is 0.984. The summed E-state index contributed by atoms with van der Waals surface area (Å²) in [6.07, 6.45) is 3.17. The van der Waals surface area contributed by atoms with E-state index >= 15 is 0 Å². The van der Waals surface area contributed by atoms with Gasteiger partial charge in [-0.1, -0.05) is 11.6 Å². The van der Waals surface area contributed by atoms with Crippen molar-refractivity contribution < 1.29 is 0 Å². The van der Waals surface area contributed by atoms with Crippen LogP contribution in [-0.4, -0.2) is 14.6 Å². The van der Waals surface area contributed by atoms with Crippen LogP contribution in [0.2, 0.25) is 5.02 Å². The minimum atomic E-state index is -0.219. The average Bonchev–Trinajstić information content (AvgIpc) is 2.29. The van der Waals surface area contributed by atoms with Gasteiger partial charge in [-0.05, 0) is 6.92 Å². The van der Waals surface area contributed by atoms with Gasteiger partial charge >= 0.3 is 0 Å². The van der Waals surface area contributed by atoms with Crippen molar-refractivity contribution in [3.05, 3.63) is 33.5 Å². The normalized spacial score (nSPS) is 10.8. The van der Waals surface area contributed by atoms with Crippen LogP contribution < -0.4 is 5.56 Å². The van der Waals surface area contributed by atoms with Gasteiger partial charge in [-0.2, -0.15) is 5.10 Å². The van der Waals surface area contributed by atoms with E-state index in [1.165, 1.54) is 10.7 Å². The second-order valence-electron chi connectivity index (χ2n) is 2.48. The van der Waals surface area contributed by atoms with Gasteiger partial charge in [0.05, 0.1) is 10.7 Å². The summed E-state index contributed by atoms with van der Waals surface area (Å²) < 4.78 is 1.47. The molecular weight excluding hydrogens is 178 g/mol. The number of fused-ring (bicyclic) bond motifs is 1. The summed E-state index contributed by atoms with van der Waals surface area (Å²) in [6, 6.07) is 0. The maximum Gasteiger partial charge on any atom is 0.275 e. The molecule has 0 aliphatic rings. The smallest absolute Gasteiger partial charge is 0.275 e. The third-order valence-electron chi connectivity index (χ3n) is 1.66. The SMILES string of the molecule is Cc1nn2cc[nH]c(=O)c2c1Cl. The highest BCUT2D eigenvalue weighted by molar-refractivity contribution is 6.34. The molecule has 4 nitrogen and oxygen atoms in total. The molecule has 1 N–H and O–H groups in total. The number of rotatable bonds is 0. The summed E-state index contributed by atoms with van der Waals surface area (Å²) in [6.45, 7) is 1.76. The summed E-state index contributed by atoms with van der Waals surface area (Å²) in [5, 5.41) is 4.45. The number of aromatic nitrogens is 3. The van der Waals surface area contributed by atoms with E-state index < -0.39 is 0 Å². The Morgan fingerprint density at radius 2 is 2.42 bits per heavy atom. The van der Waals surface area contributed by atoms with Crippen molar-refractivity contribution in [3.8, 4) is 0 Å². The molecule has 0 aliphatic heterocycles. The van der Waals surface area contributed by atoms with Crippen molar-refractivity contribution in [2.45, 2.75) is 6.92 Å². The summed E-state index contributed by atoms with van der Waals surface area (Å²) in [4.78, 5) is 13.7. The number of hydrogen-bond acceptors (Lipinski definition) is 2. The number of H-pyrrole nitrogens is 1. The van der Waals surface area contributed by atoms with Gasteiger partial charge in [0.1, 0.15) is 0 Å². The van der Waals surface area contributed by atoms with Gasteiger partial charge in [0.25, 0.3) is 5.56 Å². The molecule has 0 saturated heterocycles. The van der Waals surface area contributed by atoms with Crippen LogP contribution >= 0.6 is 11.6 Å². The molecule has 2 aromatic rings. The molecule has 0 amide bonds. The maximum atomic E-state index is 11.2. The van der Waals surface area contributed by atoms with Crippen LogP contribution in [0.5, 0.6) is 0 Å². The first kappa shape index (κ1) is 7.36. The average molecular weight is 184 g/mol. The Morgan fingerprint density at radius 3 is 3.08 bits per heavy atom. The van der Waals surface area contributed by atoms with Crippen molar-refractivity contribution in [1.82, 2.24) is 14.6 Å². The molecule has 5 heteroatoms. The van der Waals surface area contributed by atoms with Crippen LogP contribution in [0.4, 0.5) is 0 Å². The molecule has 2 aromatic heterocycles. The van der Waals surface area contributed by atoms with Gasteiger partial charge < -0.3 is 4.98 Å². The van der Waals surface area contributed by atoms with E-state index in [2.05, 4.69) is 10.1 Å². The van der Waals surface area contributed by atoms with Gasteiger partial charge in [-0.3, -0.25) is 4.79 Å². The van der Waals surface area contributed by atoms with E-state index in [0.717, 1.165) is 0 Å². The molecule has 0 fully saturated rings. The third kappa shape index (κ3) is 0.848. The van der Waals surface area contributed by atoms with Crippen LogP contribution in [0.1, 0.15) is 5.69 Å². The maximum absolute atomic E-state index is 11.2. The summed E-state index contributed by atoms with van der Waals surface area (Å²) in [5.41, 5.74) is 0.841. The highest BCUT2D eigenvalue weighted by Gasteiger charge is 2.08.